The number of phenolic OH excluding ortho intramolecular Hbond substituents is 2. The molecule has 2 N–H and O–H groups in total. The van der Waals surface area contributed by atoms with Gasteiger partial charge in [0.1, 0.15) is 23.6 Å². The van der Waals surface area contributed by atoms with Gasteiger partial charge in [0, 0.05) is 6.04 Å². The number of ether oxygens (including phenoxy) is 1. The van der Waals surface area contributed by atoms with E-state index in [0.717, 1.165) is 25.7 Å². The van der Waals surface area contributed by atoms with Gasteiger partial charge >= 0.3 is 5.97 Å². The van der Waals surface area contributed by atoms with Crippen LogP contribution in [0.3, 0.4) is 0 Å². The number of esters is 1. The molecule has 0 aromatic heterocycles. The fraction of sp³-hybridized carbons (Fsp3) is 0.467. The summed E-state index contributed by atoms with van der Waals surface area (Å²) in [6.07, 6.45) is 3.58. The zero-order chi connectivity index (χ0) is 15.4. The number of hydrogen-bond acceptors (Lipinski definition) is 5. The summed E-state index contributed by atoms with van der Waals surface area (Å²) >= 11 is 0. The van der Waals surface area contributed by atoms with Gasteiger partial charge in [0.2, 0.25) is 0 Å². The molecular weight excluding hydrogens is 274 g/mol. The average molecular weight is 293 g/mol. The second kappa shape index (κ2) is 6.47. The number of rotatable bonds is 4. The number of carbonyl (C=O) groups excluding carboxylic acids is 2. The lowest BCUT2D eigenvalue weighted by Gasteiger charge is -2.28. The normalized spacial score (nSPS) is 14.9. The van der Waals surface area contributed by atoms with Crippen LogP contribution in [0.25, 0.3) is 0 Å². The Hall–Kier alpha value is -2.24. The minimum atomic E-state index is -0.553. The van der Waals surface area contributed by atoms with Crippen molar-refractivity contribution in [3.05, 3.63) is 23.8 Å². The van der Waals surface area contributed by atoms with Crippen molar-refractivity contribution in [1.82, 2.24) is 4.90 Å². The number of hydrogen-bond donors (Lipinski definition) is 2. The van der Waals surface area contributed by atoms with Crippen molar-refractivity contribution in [1.29, 1.82) is 0 Å². The highest BCUT2D eigenvalue weighted by Gasteiger charge is 2.31. The van der Waals surface area contributed by atoms with Crippen molar-refractivity contribution < 1.29 is 24.5 Å². The van der Waals surface area contributed by atoms with E-state index in [0.29, 0.717) is 0 Å². The first-order chi connectivity index (χ1) is 10.0. The maximum atomic E-state index is 12.6. The SMILES string of the molecule is COC(=O)CN(C(=O)c1c(O)cccc1O)C1CCCC1. The van der Waals surface area contributed by atoms with E-state index in [4.69, 9.17) is 0 Å². The van der Waals surface area contributed by atoms with Crippen LogP contribution in [0.2, 0.25) is 0 Å². The van der Waals surface area contributed by atoms with E-state index < -0.39 is 11.9 Å². The van der Waals surface area contributed by atoms with Gasteiger partial charge in [0.25, 0.3) is 5.91 Å². The maximum absolute atomic E-state index is 12.6. The summed E-state index contributed by atoms with van der Waals surface area (Å²) in [6.45, 7) is -0.187. The molecule has 0 atom stereocenters. The lowest BCUT2D eigenvalue weighted by atomic mass is 10.1. The second-order valence-corrected chi connectivity index (χ2v) is 5.12. The number of amides is 1. The maximum Gasteiger partial charge on any atom is 0.325 e. The molecule has 0 radical (unpaired) electrons. The largest absolute Gasteiger partial charge is 0.507 e. The first kappa shape index (κ1) is 15.2. The molecule has 0 spiro atoms. The van der Waals surface area contributed by atoms with Gasteiger partial charge in [-0.3, -0.25) is 9.59 Å². The smallest absolute Gasteiger partial charge is 0.325 e. The number of aromatic hydroxyl groups is 2. The van der Waals surface area contributed by atoms with E-state index in [-0.39, 0.29) is 29.6 Å². The van der Waals surface area contributed by atoms with Gasteiger partial charge in [0.15, 0.2) is 0 Å². The van der Waals surface area contributed by atoms with Gasteiger partial charge in [-0.2, -0.15) is 0 Å². The summed E-state index contributed by atoms with van der Waals surface area (Å²) in [4.78, 5) is 25.5. The molecular formula is C15H19NO5. The summed E-state index contributed by atoms with van der Waals surface area (Å²) in [7, 11) is 1.26. The van der Waals surface area contributed by atoms with Crippen molar-refractivity contribution in [2.45, 2.75) is 31.7 Å². The van der Waals surface area contributed by atoms with Crippen molar-refractivity contribution in [3.63, 3.8) is 0 Å². The average Bonchev–Trinajstić information content (AvgIpc) is 2.97. The van der Waals surface area contributed by atoms with Crippen LogP contribution in [-0.2, 0) is 9.53 Å². The van der Waals surface area contributed by atoms with Crippen LogP contribution in [0.4, 0.5) is 0 Å². The quantitative estimate of drug-likeness (QED) is 0.824. The van der Waals surface area contributed by atoms with Gasteiger partial charge in [-0.15, -0.1) is 0 Å². The van der Waals surface area contributed by atoms with E-state index in [2.05, 4.69) is 4.74 Å². The molecule has 21 heavy (non-hydrogen) atoms. The third-order valence-corrected chi connectivity index (χ3v) is 3.79. The van der Waals surface area contributed by atoms with E-state index in [1.54, 1.807) is 0 Å². The Kier molecular flexibility index (Phi) is 4.67. The zero-order valence-corrected chi connectivity index (χ0v) is 11.9. The van der Waals surface area contributed by atoms with Crippen LogP contribution in [0, 0.1) is 0 Å². The molecule has 114 valence electrons. The van der Waals surface area contributed by atoms with E-state index in [9.17, 15) is 19.8 Å². The minimum absolute atomic E-state index is 0.0735. The number of carbonyl (C=O) groups is 2. The fourth-order valence-corrected chi connectivity index (χ4v) is 2.68. The Labute approximate surface area is 122 Å². The molecule has 0 unspecified atom stereocenters. The molecule has 1 saturated carbocycles. The lowest BCUT2D eigenvalue weighted by Crippen LogP contribution is -2.42. The van der Waals surface area contributed by atoms with Crippen molar-refractivity contribution in [3.8, 4) is 11.5 Å². The lowest BCUT2D eigenvalue weighted by molar-refractivity contribution is -0.141. The third kappa shape index (κ3) is 3.26. The van der Waals surface area contributed by atoms with Crippen molar-refractivity contribution >= 4 is 11.9 Å². The number of nitrogens with zero attached hydrogens (tertiary/aromatic N) is 1. The molecule has 1 fully saturated rings. The summed E-state index contributed by atoms with van der Waals surface area (Å²) in [5.74, 6) is -1.67. The first-order valence-electron chi connectivity index (χ1n) is 6.93. The van der Waals surface area contributed by atoms with Crippen LogP contribution in [0.15, 0.2) is 18.2 Å². The monoisotopic (exact) mass is 293 g/mol. The van der Waals surface area contributed by atoms with E-state index >= 15 is 0 Å². The van der Waals surface area contributed by atoms with Gasteiger partial charge < -0.3 is 19.8 Å². The fourth-order valence-electron chi connectivity index (χ4n) is 2.68. The Balaban J connectivity index is 2.30. The predicted octanol–water partition coefficient (Wildman–Crippen LogP) is 1.66. The molecule has 0 bridgehead atoms. The molecule has 0 aliphatic heterocycles. The van der Waals surface area contributed by atoms with Gasteiger partial charge in [-0.25, -0.2) is 0 Å². The highest BCUT2D eigenvalue weighted by molar-refractivity contribution is 6.00. The van der Waals surface area contributed by atoms with Gasteiger partial charge in [-0.1, -0.05) is 18.9 Å². The highest BCUT2D eigenvalue weighted by Crippen LogP contribution is 2.31. The number of methoxy groups -OCH3 is 1. The third-order valence-electron chi connectivity index (χ3n) is 3.79. The van der Waals surface area contributed by atoms with Gasteiger partial charge in [0.05, 0.1) is 7.11 Å². The molecule has 0 saturated heterocycles. The molecule has 6 heteroatoms. The Morgan fingerprint density at radius 3 is 2.33 bits per heavy atom. The van der Waals surface area contributed by atoms with Crippen LogP contribution in [0.5, 0.6) is 11.5 Å². The van der Waals surface area contributed by atoms with Crippen molar-refractivity contribution in [2.24, 2.45) is 0 Å². The summed E-state index contributed by atoms with van der Waals surface area (Å²) in [5.41, 5.74) is -0.173. The Morgan fingerprint density at radius 2 is 1.81 bits per heavy atom. The molecule has 1 aromatic rings. The highest BCUT2D eigenvalue weighted by atomic mass is 16.5. The number of phenols is 2. The van der Waals surface area contributed by atoms with Crippen LogP contribution in [0.1, 0.15) is 36.0 Å². The second-order valence-electron chi connectivity index (χ2n) is 5.12. The molecule has 1 amide bonds. The standard InChI is InChI=1S/C15H19NO5/c1-21-13(19)9-16(10-5-2-3-6-10)15(20)14-11(17)7-4-8-12(14)18/h4,7-8,10,17-18H,2-3,5-6,9H2,1H3. The summed E-state index contributed by atoms with van der Waals surface area (Å²) in [6, 6.07) is 4.04. The zero-order valence-electron chi connectivity index (χ0n) is 11.9. The molecule has 6 nitrogen and oxygen atoms in total. The van der Waals surface area contributed by atoms with Crippen LogP contribution < -0.4 is 0 Å². The molecule has 1 aromatic carbocycles. The minimum Gasteiger partial charge on any atom is -0.507 e. The Morgan fingerprint density at radius 1 is 1.24 bits per heavy atom. The number of benzene rings is 1. The molecule has 2 rings (SSSR count). The summed E-state index contributed by atoms with van der Waals surface area (Å²) < 4.78 is 4.63. The first-order valence-corrected chi connectivity index (χ1v) is 6.93. The molecule has 1 aliphatic rings. The van der Waals surface area contributed by atoms with Crippen LogP contribution >= 0.6 is 0 Å². The predicted molar refractivity (Wildman–Crippen MR) is 75.1 cm³/mol. The van der Waals surface area contributed by atoms with Gasteiger partial charge in [-0.05, 0) is 25.0 Å². The van der Waals surface area contributed by atoms with Crippen molar-refractivity contribution in [2.75, 3.05) is 13.7 Å². The van der Waals surface area contributed by atoms with Crippen LogP contribution in [-0.4, -0.2) is 46.7 Å². The molecule has 0 heterocycles. The Bertz CT molecular complexity index is 517. The van der Waals surface area contributed by atoms with E-state index in [1.807, 2.05) is 0 Å². The topological polar surface area (TPSA) is 87.1 Å². The summed E-state index contributed by atoms with van der Waals surface area (Å²) in [5, 5.41) is 19.6. The molecule has 1 aliphatic carbocycles. The van der Waals surface area contributed by atoms with E-state index in [1.165, 1.54) is 30.2 Å².